The van der Waals surface area contributed by atoms with Crippen molar-refractivity contribution in [3.63, 3.8) is 0 Å². The zero-order valence-electron chi connectivity index (χ0n) is 22.3. The number of halogens is 3. The maximum absolute atomic E-state index is 10.6. The standard InChI is InChI=1S/C24H26N8S2.C2HF3O2/c1-23-6-7-24(2,31-23)9-14(8-23)32(3)22-29-21-20(34-22)28-19(33-21)16-5-4-15(13-10-25-26-11-13)17-12-27-30-18(16)17;3-2(4,5)1(6)7/h4-5,10-12,14,31H,6-9H2,1-3H3,(H,25,26)(H,27,30);(H,6,7)/t14?,23-,24+;. The van der Waals surface area contributed by atoms with E-state index in [4.69, 9.17) is 19.9 Å². The number of nitrogens with zero attached hydrogens (tertiary/aromatic N) is 5. The number of hydrogen-bond donors (Lipinski definition) is 4. The fourth-order valence-corrected chi connectivity index (χ4v) is 8.12. The van der Waals surface area contributed by atoms with Crippen molar-refractivity contribution in [1.82, 2.24) is 35.7 Å². The van der Waals surface area contributed by atoms with Gasteiger partial charge in [0.25, 0.3) is 0 Å². The molecule has 1 unspecified atom stereocenters. The Morgan fingerprint density at radius 3 is 2.32 bits per heavy atom. The minimum atomic E-state index is -5.08. The summed E-state index contributed by atoms with van der Waals surface area (Å²) >= 11 is 3.35. The van der Waals surface area contributed by atoms with E-state index in [9.17, 15) is 13.2 Å². The molecule has 1 aromatic carbocycles. The Labute approximate surface area is 240 Å². The van der Waals surface area contributed by atoms with Crippen molar-refractivity contribution in [2.75, 3.05) is 11.9 Å². The first-order valence-corrected chi connectivity index (χ1v) is 14.5. The van der Waals surface area contributed by atoms with Gasteiger partial charge in [0.15, 0.2) is 14.8 Å². The molecule has 2 bridgehead atoms. The molecule has 41 heavy (non-hydrogen) atoms. The third-order valence-electron chi connectivity index (χ3n) is 7.92. The molecule has 4 N–H and O–H groups in total. The van der Waals surface area contributed by atoms with E-state index in [2.05, 4.69) is 63.6 Å². The molecule has 3 atom stereocenters. The van der Waals surface area contributed by atoms with E-state index in [1.807, 2.05) is 18.6 Å². The highest BCUT2D eigenvalue weighted by Crippen LogP contribution is 2.45. The van der Waals surface area contributed by atoms with Crippen LogP contribution in [0.3, 0.4) is 0 Å². The van der Waals surface area contributed by atoms with Crippen molar-refractivity contribution in [3.05, 3.63) is 30.7 Å². The van der Waals surface area contributed by atoms with Gasteiger partial charge in [-0.15, -0.1) is 0 Å². The summed E-state index contributed by atoms with van der Waals surface area (Å²) < 4.78 is 31.7. The van der Waals surface area contributed by atoms with Crippen LogP contribution in [0.4, 0.5) is 18.3 Å². The topological polar surface area (TPSA) is 136 Å². The molecule has 7 rings (SSSR count). The Morgan fingerprint density at radius 1 is 1.05 bits per heavy atom. The highest BCUT2D eigenvalue weighted by molar-refractivity contribution is 7.29. The first-order valence-electron chi connectivity index (χ1n) is 12.9. The number of nitrogens with one attached hydrogen (secondary N) is 3. The van der Waals surface area contributed by atoms with E-state index in [1.165, 1.54) is 12.8 Å². The summed E-state index contributed by atoms with van der Waals surface area (Å²) in [5, 5.41) is 28.6. The molecule has 4 aromatic heterocycles. The second-order valence-electron chi connectivity index (χ2n) is 11.2. The number of carboxylic acid groups (broad SMARTS) is 1. The lowest BCUT2D eigenvalue weighted by atomic mass is 9.84. The number of carbonyl (C=O) groups is 1. The van der Waals surface area contributed by atoms with Crippen molar-refractivity contribution in [2.45, 2.75) is 62.8 Å². The van der Waals surface area contributed by atoms with Gasteiger partial charge >= 0.3 is 12.1 Å². The predicted molar refractivity (Wildman–Crippen MR) is 152 cm³/mol. The van der Waals surface area contributed by atoms with Crippen molar-refractivity contribution >= 4 is 54.3 Å². The summed E-state index contributed by atoms with van der Waals surface area (Å²) in [6.07, 6.45) is 5.35. The van der Waals surface area contributed by atoms with Crippen molar-refractivity contribution in [1.29, 1.82) is 0 Å². The molecule has 2 aliphatic heterocycles. The van der Waals surface area contributed by atoms with E-state index in [0.29, 0.717) is 6.04 Å². The SMILES string of the molecule is CN(c1nc2sc(-c3ccc(-c4cn[nH]c4)c4cn[nH]c34)nc2s1)C1C[C@]2(C)CC[C@](C)(C1)N2.O=C(O)C(F)(F)F. The molecule has 5 aromatic rings. The molecule has 0 aliphatic carbocycles. The number of carboxylic acids is 1. The van der Waals surface area contributed by atoms with Gasteiger partial charge < -0.3 is 15.3 Å². The molecule has 0 saturated carbocycles. The van der Waals surface area contributed by atoms with Gasteiger partial charge in [-0.25, -0.2) is 14.8 Å². The summed E-state index contributed by atoms with van der Waals surface area (Å²) in [6, 6.07) is 4.73. The highest BCUT2D eigenvalue weighted by Gasteiger charge is 2.49. The van der Waals surface area contributed by atoms with Gasteiger partial charge in [-0.2, -0.15) is 23.4 Å². The summed E-state index contributed by atoms with van der Waals surface area (Å²) in [5.41, 5.74) is 4.67. The number of aromatic nitrogens is 6. The largest absolute Gasteiger partial charge is 0.490 e. The average Bonchev–Trinajstić information content (AvgIpc) is 3.71. The Hall–Kier alpha value is -3.56. The van der Waals surface area contributed by atoms with Crippen molar-refractivity contribution in [2.24, 2.45) is 0 Å². The predicted octanol–water partition coefficient (Wildman–Crippen LogP) is 5.82. The number of aliphatic carboxylic acids is 1. The maximum atomic E-state index is 10.6. The van der Waals surface area contributed by atoms with Crippen LogP contribution in [0.5, 0.6) is 0 Å². The van der Waals surface area contributed by atoms with Crippen LogP contribution in [0.25, 0.3) is 42.3 Å². The van der Waals surface area contributed by atoms with Crippen LogP contribution in [-0.4, -0.2) is 71.8 Å². The summed E-state index contributed by atoms with van der Waals surface area (Å²) in [4.78, 5) is 23.3. The number of fused-ring (bicyclic) bond motifs is 4. The zero-order valence-corrected chi connectivity index (χ0v) is 24.0. The molecule has 6 heterocycles. The minimum Gasteiger partial charge on any atom is -0.475 e. The first-order chi connectivity index (χ1) is 19.3. The van der Waals surface area contributed by atoms with Gasteiger partial charge in [-0.3, -0.25) is 10.2 Å². The van der Waals surface area contributed by atoms with Crippen LogP contribution in [-0.2, 0) is 4.79 Å². The summed E-state index contributed by atoms with van der Waals surface area (Å²) in [5.74, 6) is -2.76. The second kappa shape index (κ2) is 9.77. The lowest BCUT2D eigenvalue weighted by Gasteiger charge is -2.45. The van der Waals surface area contributed by atoms with E-state index >= 15 is 0 Å². The highest BCUT2D eigenvalue weighted by atomic mass is 32.1. The number of hydrogen-bond acceptors (Lipinski definition) is 9. The molecular formula is C26H27F3N8O2S2. The van der Waals surface area contributed by atoms with E-state index < -0.39 is 12.1 Å². The number of rotatable bonds is 4. The van der Waals surface area contributed by atoms with Crippen molar-refractivity contribution in [3.8, 4) is 21.7 Å². The lowest BCUT2D eigenvalue weighted by molar-refractivity contribution is -0.192. The van der Waals surface area contributed by atoms with E-state index in [0.717, 1.165) is 60.2 Å². The number of benzene rings is 1. The van der Waals surface area contributed by atoms with Crippen LogP contribution in [0, 0.1) is 0 Å². The molecule has 0 amide bonds. The quantitative estimate of drug-likeness (QED) is 0.202. The third-order valence-corrected chi connectivity index (χ3v) is 10.1. The Morgan fingerprint density at radius 2 is 1.71 bits per heavy atom. The monoisotopic (exact) mass is 604 g/mol. The Balaban J connectivity index is 0.000000387. The second-order valence-corrected chi connectivity index (χ2v) is 13.1. The van der Waals surface area contributed by atoms with Gasteiger partial charge in [0.05, 0.1) is 17.9 Å². The molecule has 216 valence electrons. The smallest absolute Gasteiger partial charge is 0.475 e. The normalized spacial score (nSPS) is 24.0. The number of anilines is 1. The molecule has 2 fully saturated rings. The Kier molecular flexibility index (Phi) is 6.58. The number of alkyl halides is 3. The van der Waals surface area contributed by atoms with Crippen LogP contribution >= 0.6 is 22.7 Å². The summed E-state index contributed by atoms with van der Waals surface area (Å²) in [7, 11) is 2.20. The van der Waals surface area contributed by atoms with E-state index in [-0.39, 0.29) is 11.1 Å². The van der Waals surface area contributed by atoms with Gasteiger partial charge in [0.2, 0.25) is 0 Å². The average molecular weight is 605 g/mol. The number of thiazole rings is 2. The van der Waals surface area contributed by atoms with Crippen LogP contribution in [0.1, 0.15) is 39.5 Å². The molecule has 2 saturated heterocycles. The first kappa shape index (κ1) is 27.6. The van der Waals surface area contributed by atoms with Gasteiger partial charge in [-0.05, 0) is 51.2 Å². The molecular weight excluding hydrogens is 577 g/mol. The fraction of sp³-hybridized carbons (Fsp3) is 0.423. The van der Waals surface area contributed by atoms with Crippen LogP contribution < -0.4 is 10.2 Å². The summed E-state index contributed by atoms with van der Waals surface area (Å²) in [6.45, 7) is 4.75. The zero-order chi connectivity index (χ0) is 29.2. The lowest BCUT2D eigenvalue weighted by Crippen LogP contribution is -2.58. The third kappa shape index (κ3) is 5.17. The minimum absolute atomic E-state index is 0.240. The molecule has 0 radical (unpaired) electrons. The van der Waals surface area contributed by atoms with Crippen LogP contribution in [0.15, 0.2) is 30.7 Å². The van der Waals surface area contributed by atoms with Crippen molar-refractivity contribution < 1.29 is 23.1 Å². The maximum Gasteiger partial charge on any atom is 0.490 e. The number of H-pyrrole nitrogens is 2. The van der Waals surface area contributed by atoms with Gasteiger partial charge in [0.1, 0.15) is 5.01 Å². The van der Waals surface area contributed by atoms with Gasteiger partial charge in [0, 0.05) is 46.9 Å². The molecule has 15 heteroatoms. The Bertz CT molecular complexity index is 1680. The molecule has 0 spiro atoms. The van der Waals surface area contributed by atoms with E-state index in [1.54, 1.807) is 22.7 Å². The van der Waals surface area contributed by atoms with Crippen LogP contribution in [0.2, 0.25) is 0 Å². The molecule has 10 nitrogen and oxygen atoms in total. The molecule has 2 aliphatic rings. The van der Waals surface area contributed by atoms with Gasteiger partial charge in [-0.1, -0.05) is 28.7 Å². The number of piperidine rings is 1. The fourth-order valence-electron chi connectivity index (χ4n) is 6.01. The number of aromatic amines is 2.